The number of hydrogen-bond donors (Lipinski definition) is 1. The first-order valence-corrected chi connectivity index (χ1v) is 4.94. The van der Waals surface area contributed by atoms with Crippen molar-refractivity contribution >= 4 is 5.78 Å². The van der Waals surface area contributed by atoms with Gasteiger partial charge in [0.1, 0.15) is 5.78 Å². The Bertz CT molecular complexity index is 287. The van der Waals surface area contributed by atoms with E-state index in [1.165, 1.54) is 5.57 Å². The number of Topliss-reactive ketones (excluding diaryl/α,β-unsaturated/α-hetero) is 1. The largest absolute Gasteiger partial charge is 0.310 e. The molecule has 0 amide bonds. The van der Waals surface area contributed by atoms with Gasteiger partial charge in [-0.25, -0.2) is 0 Å². The van der Waals surface area contributed by atoms with Crippen molar-refractivity contribution in [2.45, 2.75) is 25.8 Å². The van der Waals surface area contributed by atoms with E-state index in [0.29, 0.717) is 0 Å². The molecular formula is C12H17NO. The summed E-state index contributed by atoms with van der Waals surface area (Å²) in [5, 5.41) is 3.02. The van der Waals surface area contributed by atoms with E-state index in [2.05, 4.69) is 29.6 Å². The van der Waals surface area contributed by atoms with Gasteiger partial charge in [-0.15, -0.1) is 0 Å². The summed E-state index contributed by atoms with van der Waals surface area (Å²) < 4.78 is 0. The van der Waals surface area contributed by atoms with Gasteiger partial charge >= 0.3 is 0 Å². The first-order valence-electron chi connectivity index (χ1n) is 4.94. The highest BCUT2D eigenvalue weighted by Gasteiger charge is 2.12. The number of likely N-dealkylation sites (N-methyl/N-ethyl adjacent to an activating group) is 1. The minimum Gasteiger partial charge on any atom is -0.310 e. The lowest BCUT2D eigenvalue weighted by atomic mass is 10.0. The summed E-state index contributed by atoms with van der Waals surface area (Å²) in [6.07, 6.45) is 12.2. The molecule has 1 atom stereocenters. The highest BCUT2D eigenvalue weighted by Crippen LogP contribution is 2.11. The normalized spacial score (nSPS) is 17.4. The number of rotatable bonds is 4. The van der Waals surface area contributed by atoms with Crippen LogP contribution in [0.25, 0.3) is 0 Å². The lowest BCUT2D eigenvalue weighted by Crippen LogP contribution is -2.32. The van der Waals surface area contributed by atoms with Crippen molar-refractivity contribution in [2.75, 3.05) is 7.05 Å². The van der Waals surface area contributed by atoms with Gasteiger partial charge in [0, 0.05) is 0 Å². The maximum atomic E-state index is 11.2. The number of hydrogen-bond acceptors (Lipinski definition) is 2. The van der Waals surface area contributed by atoms with Gasteiger partial charge in [-0.3, -0.25) is 4.79 Å². The number of carbonyl (C=O) groups is 1. The molecule has 0 heterocycles. The molecule has 0 radical (unpaired) electrons. The molecule has 1 rings (SSSR count). The van der Waals surface area contributed by atoms with E-state index in [1.54, 1.807) is 6.92 Å². The molecule has 0 aromatic heterocycles. The van der Waals surface area contributed by atoms with E-state index in [1.807, 2.05) is 13.1 Å². The topological polar surface area (TPSA) is 29.1 Å². The molecule has 0 saturated heterocycles. The van der Waals surface area contributed by atoms with E-state index in [4.69, 9.17) is 0 Å². The van der Waals surface area contributed by atoms with Crippen LogP contribution in [0.2, 0.25) is 0 Å². The van der Waals surface area contributed by atoms with Crippen molar-refractivity contribution in [2.24, 2.45) is 0 Å². The third-order valence-corrected chi connectivity index (χ3v) is 2.33. The van der Waals surface area contributed by atoms with Crippen LogP contribution in [0, 0.1) is 0 Å². The monoisotopic (exact) mass is 191 g/mol. The zero-order valence-electron chi connectivity index (χ0n) is 8.79. The second-order valence-electron chi connectivity index (χ2n) is 3.46. The van der Waals surface area contributed by atoms with Crippen molar-refractivity contribution in [3.63, 3.8) is 0 Å². The van der Waals surface area contributed by atoms with Gasteiger partial charge in [0.25, 0.3) is 0 Å². The van der Waals surface area contributed by atoms with Crippen molar-refractivity contribution in [1.82, 2.24) is 5.32 Å². The van der Waals surface area contributed by atoms with Crippen LogP contribution in [-0.4, -0.2) is 18.9 Å². The molecular weight excluding hydrogens is 174 g/mol. The molecule has 0 spiro atoms. The maximum absolute atomic E-state index is 11.2. The summed E-state index contributed by atoms with van der Waals surface area (Å²) >= 11 is 0. The molecule has 0 aromatic carbocycles. The molecule has 14 heavy (non-hydrogen) atoms. The van der Waals surface area contributed by atoms with Crippen LogP contribution in [0.15, 0.2) is 36.0 Å². The predicted octanol–water partition coefficient (Wildman–Crippen LogP) is 2.00. The Kier molecular flexibility index (Phi) is 4.33. The number of ketones is 1. The fraction of sp³-hybridized carbons (Fsp3) is 0.417. The second kappa shape index (κ2) is 5.55. The predicted molar refractivity (Wildman–Crippen MR) is 59.1 cm³/mol. The molecule has 2 heteroatoms. The molecule has 1 unspecified atom stereocenters. The SMILES string of the molecule is CNC(CC1=CC=CCC=C1)C(C)=O. The lowest BCUT2D eigenvalue weighted by molar-refractivity contribution is -0.118. The Morgan fingerprint density at radius 3 is 3.00 bits per heavy atom. The third kappa shape index (κ3) is 3.30. The van der Waals surface area contributed by atoms with Gasteiger partial charge in [0.05, 0.1) is 6.04 Å². The van der Waals surface area contributed by atoms with Gasteiger partial charge < -0.3 is 5.32 Å². The quantitative estimate of drug-likeness (QED) is 0.736. The average molecular weight is 191 g/mol. The highest BCUT2D eigenvalue weighted by atomic mass is 16.1. The summed E-state index contributed by atoms with van der Waals surface area (Å²) in [4.78, 5) is 11.2. The van der Waals surface area contributed by atoms with Crippen LogP contribution in [0.1, 0.15) is 19.8 Å². The molecule has 1 aliphatic rings. The van der Waals surface area contributed by atoms with E-state index in [9.17, 15) is 4.79 Å². The molecule has 0 aromatic rings. The minimum atomic E-state index is -0.0580. The van der Waals surface area contributed by atoms with Crippen LogP contribution in [0.5, 0.6) is 0 Å². The molecule has 0 aliphatic heterocycles. The van der Waals surface area contributed by atoms with Crippen LogP contribution in [0.4, 0.5) is 0 Å². The standard InChI is InChI=1S/C12H17NO/c1-10(14)12(13-2)9-11-7-5-3-4-6-8-11/h3,5-8,12-13H,4,9H2,1-2H3. The van der Waals surface area contributed by atoms with Crippen LogP contribution >= 0.6 is 0 Å². The Hall–Kier alpha value is -1.15. The average Bonchev–Trinajstić information content (AvgIpc) is 2.41. The van der Waals surface area contributed by atoms with Crippen LogP contribution in [0.3, 0.4) is 0 Å². The van der Waals surface area contributed by atoms with Crippen molar-refractivity contribution in [1.29, 1.82) is 0 Å². The molecule has 76 valence electrons. The summed E-state index contributed by atoms with van der Waals surface area (Å²) in [5.74, 6) is 0.190. The van der Waals surface area contributed by atoms with E-state index in [-0.39, 0.29) is 11.8 Å². The second-order valence-corrected chi connectivity index (χ2v) is 3.46. The lowest BCUT2D eigenvalue weighted by Gasteiger charge is -2.12. The maximum Gasteiger partial charge on any atom is 0.147 e. The molecule has 0 fully saturated rings. The minimum absolute atomic E-state index is 0.0580. The molecule has 0 saturated carbocycles. The molecule has 2 nitrogen and oxygen atoms in total. The third-order valence-electron chi connectivity index (χ3n) is 2.33. The van der Waals surface area contributed by atoms with Gasteiger partial charge in [0.15, 0.2) is 0 Å². The van der Waals surface area contributed by atoms with Gasteiger partial charge in [-0.2, -0.15) is 0 Å². The van der Waals surface area contributed by atoms with Crippen molar-refractivity contribution in [3.8, 4) is 0 Å². The Morgan fingerprint density at radius 1 is 1.57 bits per heavy atom. The first-order chi connectivity index (χ1) is 6.74. The van der Waals surface area contributed by atoms with Gasteiger partial charge in [0.2, 0.25) is 0 Å². The van der Waals surface area contributed by atoms with Crippen molar-refractivity contribution < 1.29 is 4.79 Å². The van der Waals surface area contributed by atoms with E-state index < -0.39 is 0 Å². The molecule has 1 N–H and O–H groups in total. The smallest absolute Gasteiger partial charge is 0.147 e. The summed E-state index contributed by atoms with van der Waals surface area (Å²) in [5.41, 5.74) is 1.20. The Labute approximate surface area is 85.4 Å². The Balaban J connectivity index is 2.61. The van der Waals surface area contributed by atoms with E-state index >= 15 is 0 Å². The zero-order valence-corrected chi connectivity index (χ0v) is 8.79. The summed E-state index contributed by atoms with van der Waals surface area (Å²) in [7, 11) is 1.82. The fourth-order valence-electron chi connectivity index (χ4n) is 1.44. The van der Waals surface area contributed by atoms with Crippen molar-refractivity contribution in [3.05, 3.63) is 36.0 Å². The fourth-order valence-corrected chi connectivity index (χ4v) is 1.44. The molecule has 1 aliphatic carbocycles. The first kappa shape index (κ1) is 10.9. The van der Waals surface area contributed by atoms with Gasteiger partial charge in [-0.1, -0.05) is 30.4 Å². The summed E-state index contributed by atoms with van der Waals surface area (Å²) in [6.45, 7) is 1.62. The zero-order chi connectivity index (χ0) is 10.4. The highest BCUT2D eigenvalue weighted by molar-refractivity contribution is 5.81. The van der Waals surface area contributed by atoms with Crippen LogP contribution in [-0.2, 0) is 4.79 Å². The number of carbonyl (C=O) groups excluding carboxylic acids is 1. The Morgan fingerprint density at radius 2 is 2.36 bits per heavy atom. The number of allylic oxidation sites excluding steroid dienone is 5. The summed E-state index contributed by atoms with van der Waals surface area (Å²) in [6, 6.07) is -0.0580. The number of nitrogens with one attached hydrogen (secondary N) is 1. The van der Waals surface area contributed by atoms with E-state index in [0.717, 1.165) is 12.8 Å². The molecule has 0 bridgehead atoms. The van der Waals surface area contributed by atoms with Gasteiger partial charge in [-0.05, 0) is 32.4 Å². The van der Waals surface area contributed by atoms with Crippen LogP contribution < -0.4 is 5.32 Å².